The van der Waals surface area contributed by atoms with Crippen LogP contribution in [0.3, 0.4) is 0 Å². The van der Waals surface area contributed by atoms with Crippen molar-refractivity contribution in [1.82, 2.24) is 20.3 Å². The molecule has 0 radical (unpaired) electrons. The van der Waals surface area contributed by atoms with Gasteiger partial charge >= 0.3 is 0 Å². The molecule has 1 atom stereocenters. The van der Waals surface area contributed by atoms with Gasteiger partial charge in [0, 0.05) is 18.3 Å². The van der Waals surface area contributed by atoms with Crippen LogP contribution < -0.4 is 10.1 Å². The Balaban J connectivity index is 2.37. The monoisotopic (exact) mass is 328 g/mol. The standard InChI is InChI=1S/C18H24N4O2/c1-6-24-18-14(8-7-9-19-18)15-12(4)10-20-16(22-15)13(5)21-17(23)11(2)3/h7-11,13H,6H2,1-5H3,(H,21,23). The molecule has 1 amide bonds. The summed E-state index contributed by atoms with van der Waals surface area (Å²) >= 11 is 0. The van der Waals surface area contributed by atoms with Crippen LogP contribution in [0.2, 0.25) is 0 Å². The van der Waals surface area contributed by atoms with Gasteiger partial charge in [-0.2, -0.15) is 0 Å². The second kappa shape index (κ2) is 7.86. The number of carbonyl (C=O) groups excluding carboxylic acids is 1. The molecule has 128 valence electrons. The van der Waals surface area contributed by atoms with Crippen LogP contribution in [-0.2, 0) is 4.79 Å². The Morgan fingerprint density at radius 1 is 1.29 bits per heavy atom. The number of hydrogen-bond acceptors (Lipinski definition) is 5. The van der Waals surface area contributed by atoms with Crippen molar-refractivity contribution < 1.29 is 9.53 Å². The van der Waals surface area contributed by atoms with Crippen LogP contribution in [0.25, 0.3) is 11.3 Å². The number of rotatable bonds is 6. The first-order valence-electron chi connectivity index (χ1n) is 8.16. The number of carbonyl (C=O) groups is 1. The lowest BCUT2D eigenvalue weighted by atomic mass is 10.1. The maximum absolute atomic E-state index is 11.9. The quantitative estimate of drug-likeness (QED) is 0.882. The van der Waals surface area contributed by atoms with Crippen LogP contribution >= 0.6 is 0 Å². The SMILES string of the molecule is CCOc1ncccc1-c1nc(C(C)NC(=O)C(C)C)ncc1C. The summed E-state index contributed by atoms with van der Waals surface area (Å²) in [6.07, 6.45) is 3.45. The van der Waals surface area contributed by atoms with Crippen molar-refractivity contribution in [3.05, 3.63) is 35.9 Å². The molecule has 0 saturated heterocycles. The van der Waals surface area contributed by atoms with E-state index in [4.69, 9.17) is 4.74 Å². The molecule has 0 aliphatic carbocycles. The minimum absolute atomic E-state index is 0.0235. The zero-order valence-corrected chi connectivity index (χ0v) is 14.8. The summed E-state index contributed by atoms with van der Waals surface area (Å²) in [4.78, 5) is 25.2. The first kappa shape index (κ1) is 17.8. The Morgan fingerprint density at radius 2 is 2.04 bits per heavy atom. The molecule has 0 aliphatic rings. The van der Waals surface area contributed by atoms with Crippen LogP contribution in [0.1, 0.15) is 45.1 Å². The number of hydrogen-bond donors (Lipinski definition) is 1. The van der Waals surface area contributed by atoms with E-state index >= 15 is 0 Å². The van der Waals surface area contributed by atoms with Gasteiger partial charge in [0.25, 0.3) is 0 Å². The molecule has 2 aromatic heterocycles. The lowest BCUT2D eigenvalue weighted by molar-refractivity contribution is -0.124. The fraction of sp³-hybridized carbons (Fsp3) is 0.444. The molecular formula is C18H24N4O2. The van der Waals surface area contributed by atoms with Gasteiger partial charge in [-0.05, 0) is 38.5 Å². The van der Waals surface area contributed by atoms with Crippen molar-refractivity contribution >= 4 is 5.91 Å². The third-order valence-electron chi connectivity index (χ3n) is 3.57. The van der Waals surface area contributed by atoms with Gasteiger partial charge in [0.05, 0.1) is 23.9 Å². The smallest absolute Gasteiger partial charge is 0.223 e. The minimum atomic E-state index is -0.272. The largest absolute Gasteiger partial charge is 0.477 e. The molecule has 2 rings (SSSR count). The predicted molar refractivity (Wildman–Crippen MR) is 92.6 cm³/mol. The molecule has 0 bridgehead atoms. The number of nitrogens with one attached hydrogen (secondary N) is 1. The van der Waals surface area contributed by atoms with E-state index in [2.05, 4.69) is 20.3 Å². The highest BCUT2D eigenvalue weighted by molar-refractivity contribution is 5.78. The molecule has 1 N–H and O–H groups in total. The highest BCUT2D eigenvalue weighted by Gasteiger charge is 2.18. The van der Waals surface area contributed by atoms with Gasteiger partial charge in [-0.3, -0.25) is 4.79 Å². The Kier molecular flexibility index (Phi) is 5.84. The Bertz CT molecular complexity index is 716. The van der Waals surface area contributed by atoms with Crippen molar-refractivity contribution in [3.8, 4) is 17.1 Å². The maximum atomic E-state index is 11.9. The van der Waals surface area contributed by atoms with E-state index in [-0.39, 0.29) is 17.9 Å². The predicted octanol–water partition coefficient (Wildman–Crippen LogP) is 3.08. The van der Waals surface area contributed by atoms with Gasteiger partial charge in [-0.1, -0.05) is 13.8 Å². The summed E-state index contributed by atoms with van der Waals surface area (Å²) in [6, 6.07) is 3.50. The fourth-order valence-electron chi connectivity index (χ4n) is 2.20. The molecule has 0 aliphatic heterocycles. The molecule has 1 unspecified atom stereocenters. The Hall–Kier alpha value is -2.50. The molecule has 0 saturated carbocycles. The number of pyridine rings is 1. The zero-order chi connectivity index (χ0) is 17.7. The van der Waals surface area contributed by atoms with Crippen molar-refractivity contribution in [2.45, 2.75) is 40.7 Å². The van der Waals surface area contributed by atoms with Crippen molar-refractivity contribution in [1.29, 1.82) is 0 Å². The van der Waals surface area contributed by atoms with Gasteiger partial charge in [0.15, 0.2) is 5.82 Å². The van der Waals surface area contributed by atoms with E-state index < -0.39 is 0 Å². The lowest BCUT2D eigenvalue weighted by Gasteiger charge is -2.16. The van der Waals surface area contributed by atoms with Crippen molar-refractivity contribution in [2.24, 2.45) is 5.92 Å². The van der Waals surface area contributed by atoms with E-state index in [1.54, 1.807) is 12.4 Å². The van der Waals surface area contributed by atoms with Crippen LogP contribution in [0, 0.1) is 12.8 Å². The molecule has 0 spiro atoms. The van der Waals surface area contributed by atoms with Gasteiger partial charge in [0.2, 0.25) is 11.8 Å². The fourth-order valence-corrected chi connectivity index (χ4v) is 2.20. The van der Waals surface area contributed by atoms with Crippen LogP contribution in [0.4, 0.5) is 0 Å². The van der Waals surface area contributed by atoms with Crippen molar-refractivity contribution in [3.63, 3.8) is 0 Å². The summed E-state index contributed by atoms with van der Waals surface area (Å²) < 4.78 is 5.60. The van der Waals surface area contributed by atoms with Gasteiger partial charge in [0.1, 0.15) is 0 Å². The summed E-state index contributed by atoms with van der Waals surface area (Å²) in [5.41, 5.74) is 2.51. The molecule has 2 aromatic rings. The van der Waals surface area contributed by atoms with E-state index in [0.717, 1.165) is 16.8 Å². The average molecular weight is 328 g/mol. The van der Waals surface area contributed by atoms with Crippen molar-refractivity contribution in [2.75, 3.05) is 6.61 Å². The van der Waals surface area contributed by atoms with Gasteiger partial charge in [-0.15, -0.1) is 0 Å². The number of aryl methyl sites for hydroxylation is 1. The number of aromatic nitrogens is 3. The van der Waals surface area contributed by atoms with E-state index in [0.29, 0.717) is 18.3 Å². The molecule has 0 aromatic carbocycles. The maximum Gasteiger partial charge on any atom is 0.223 e. The second-order valence-corrected chi connectivity index (χ2v) is 5.93. The molecule has 24 heavy (non-hydrogen) atoms. The highest BCUT2D eigenvalue weighted by atomic mass is 16.5. The molecule has 6 heteroatoms. The van der Waals surface area contributed by atoms with E-state index in [1.165, 1.54) is 0 Å². The molecule has 6 nitrogen and oxygen atoms in total. The van der Waals surface area contributed by atoms with Crippen LogP contribution in [-0.4, -0.2) is 27.5 Å². The summed E-state index contributed by atoms with van der Waals surface area (Å²) in [6.45, 7) is 9.98. The third kappa shape index (κ3) is 4.07. The summed E-state index contributed by atoms with van der Waals surface area (Å²) in [7, 11) is 0. The Morgan fingerprint density at radius 3 is 2.71 bits per heavy atom. The normalized spacial score (nSPS) is 12.1. The Labute approximate surface area is 142 Å². The number of nitrogens with zero attached hydrogens (tertiary/aromatic N) is 3. The lowest BCUT2D eigenvalue weighted by Crippen LogP contribution is -2.31. The molecule has 0 fully saturated rings. The van der Waals surface area contributed by atoms with E-state index in [9.17, 15) is 4.79 Å². The van der Waals surface area contributed by atoms with Crippen LogP contribution in [0.5, 0.6) is 5.88 Å². The number of amides is 1. The number of ether oxygens (including phenoxy) is 1. The summed E-state index contributed by atoms with van der Waals surface area (Å²) in [5, 5.41) is 2.92. The van der Waals surface area contributed by atoms with Gasteiger partial charge < -0.3 is 10.1 Å². The van der Waals surface area contributed by atoms with E-state index in [1.807, 2.05) is 46.8 Å². The zero-order valence-electron chi connectivity index (χ0n) is 14.8. The second-order valence-electron chi connectivity index (χ2n) is 5.93. The molecule has 2 heterocycles. The first-order chi connectivity index (χ1) is 11.4. The summed E-state index contributed by atoms with van der Waals surface area (Å²) in [5.74, 6) is 1.01. The minimum Gasteiger partial charge on any atom is -0.477 e. The van der Waals surface area contributed by atoms with Gasteiger partial charge in [-0.25, -0.2) is 15.0 Å². The van der Waals surface area contributed by atoms with Crippen LogP contribution in [0.15, 0.2) is 24.5 Å². The molecular weight excluding hydrogens is 304 g/mol. The topological polar surface area (TPSA) is 77.0 Å². The average Bonchev–Trinajstić information content (AvgIpc) is 2.56. The first-order valence-corrected chi connectivity index (χ1v) is 8.16. The third-order valence-corrected chi connectivity index (χ3v) is 3.57. The highest BCUT2D eigenvalue weighted by Crippen LogP contribution is 2.29.